The second kappa shape index (κ2) is 12.2. The molecule has 0 aliphatic carbocycles. The Kier molecular flexibility index (Phi) is 9.06. The van der Waals surface area contributed by atoms with Gasteiger partial charge in [-0.25, -0.2) is 13.4 Å². The largest absolute Gasteiger partial charge is 0.490 e. The van der Waals surface area contributed by atoms with Crippen molar-refractivity contribution in [1.82, 2.24) is 4.98 Å². The van der Waals surface area contributed by atoms with Crippen molar-refractivity contribution in [3.05, 3.63) is 65.7 Å². The summed E-state index contributed by atoms with van der Waals surface area (Å²) in [6.07, 6.45) is 6.59. The second-order valence-electron chi connectivity index (χ2n) is 7.13. The first-order valence-corrected chi connectivity index (χ1v) is 13.2. The zero-order valence-corrected chi connectivity index (χ0v) is 20.6. The third kappa shape index (κ3) is 7.32. The molecule has 180 valence electrons. The van der Waals surface area contributed by atoms with E-state index >= 15 is 0 Å². The molecule has 0 fully saturated rings. The van der Waals surface area contributed by atoms with E-state index in [0.717, 1.165) is 18.4 Å². The first-order valence-electron chi connectivity index (χ1n) is 10.8. The number of ether oxygens (including phenoxy) is 2. The first-order chi connectivity index (χ1) is 16.4. The second-order valence-corrected chi connectivity index (χ2v) is 9.71. The van der Waals surface area contributed by atoms with Crippen LogP contribution in [0.5, 0.6) is 11.5 Å². The van der Waals surface area contributed by atoms with Crippen molar-refractivity contribution < 1.29 is 22.7 Å². The maximum atomic E-state index is 12.4. The fourth-order valence-corrected chi connectivity index (χ4v) is 4.65. The van der Waals surface area contributed by atoms with Crippen molar-refractivity contribution in [2.75, 3.05) is 23.3 Å². The van der Waals surface area contributed by atoms with Crippen LogP contribution in [-0.2, 0) is 14.8 Å². The summed E-state index contributed by atoms with van der Waals surface area (Å²) in [5.41, 5.74) is 1.26. The van der Waals surface area contributed by atoms with Crippen LogP contribution in [0.2, 0.25) is 0 Å². The third-order valence-corrected chi connectivity index (χ3v) is 6.71. The predicted octanol–water partition coefficient (Wildman–Crippen LogP) is 5.17. The van der Waals surface area contributed by atoms with Gasteiger partial charge in [-0.2, -0.15) is 0 Å². The summed E-state index contributed by atoms with van der Waals surface area (Å²) in [5.74, 6) is 0.957. The molecule has 8 nitrogen and oxygen atoms in total. The minimum absolute atomic E-state index is 0.0703. The molecule has 0 aliphatic rings. The van der Waals surface area contributed by atoms with Crippen LogP contribution >= 0.6 is 11.3 Å². The topological polar surface area (TPSA) is 107 Å². The molecule has 3 aromatic rings. The quantitative estimate of drug-likeness (QED) is 0.262. The van der Waals surface area contributed by atoms with E-state index in [-0.39, 0.29) is 15.9 Å². The van der Waals surface area contributed by atoms with Crippen LogP contribution in [0, 0.1) is 0 Å². The number of carbonyl (C=O) groups is 1. The number of benzene rings is 2. The Morgan fingerprint density at radius 2 is 1.88 bits per heavy atom. The van der Waals surface area contributed by atoms with E-state index in [9.17, 15) is 13.2 Å². The van der Waals surface area contributed by atoms with Crippen LogP contribution in [-0.4, -0.2) is 32.5 Å². The highest BCUT2D eigenvalue weighted by molar-refractivity contribution is 7.93. The van der Waals surface area contributed by atoms with Crippen LogP contribution in [0.1, 0.15) is 32.3 Å². The number of hydrogen-bond acceptors (Lipinski definition) is 7. The number of unbranched alkanes of at least 4 members (excludes halogenated alkanes) is 1. The molecule has 2 N–H and O–H groups in total. The number of sulfonamides is 1. The molecule has 1 aromatic heterocycles. The van der Waals surface area contributed by atoms with Gasteiger partial charge >= 0.3 is 0 Å². The van der Waals surface area contributed by atoms with E-state index in [1.807, 2.05) is 25.1 Å². The van der Waals surface area contributed by atoms with Crippen molar-refractivity contribution in [3.8, 4) is 11.5 Å². The van der Waals surface area contributed by atoms with Gasteiger partial charge in [0.2, 0.25) is 5.91 Å². The van der Waals surface area contributed by atoms with E-state index in [1.54, 1.807) is 11.5 Å². The highest BCUT2D eigenvalue weighted by atomic mass is 32.2. The summed E-state index contributed by atoms with van der Waals surface area (Å²) in [5, 5.41) is 4.68. The number of anilines is 2. The lowest BCUT2D eigenvalue weighted by Crippen LogP contribution is -2.13. The van der Waals surface area contributed by atoms with E-state index in [2.05, 4.69) is 21.9 Å². The van der Waals surface area contributed by atoms with Crippen LogP contribution in [0.3, 0.4) is 0 Å². The number of nitrogens with one attached hydrogen (secondary N) is 2. The monoisotopic (exact) mass is 501 g/mol. The smallest absolute Gasteiger partial charge is 0.263 e. The minimum Gasteiger partial charge on any atom is -0.490 e. The number of carbonyl (C=O) groups excluding carboxylic acids is 1. The van der Waals surface area contributed by atoms with Crippen molar-refractivity contribution in [3.63, 3.8) is 0 Å². The average Bonchev–Trinajstić information content (AvgIpc) is 3.32. The predicted molar refractivity (Wildman–Crippen MR) is 135 cm³/mol. The number of rotatable bonds is 12. The van der Waals surface area contributed by atoms with Gasteiger partial charge in [0, 0.05) is 23.3 Å². The molecule has 34 heavy (non-hydrogen) atoms. The summed E-state index contributed by atoms with van der Waals surface area (Å²) in [7, 11) is -3.75. The van der Waals surface area contributed by atoms with Gasteiger partial charge in [0.25, 0.3) is 10.0 Å². The van der Waals surface area contributed by atoms with E-state index < -0.39 is 10.0 Å². The molecule has 0 unspecified atom stereocenters. The normalized spacial score (nSPS) is 11.4. The Labute approximate surface area is 203 Å². The van der Waals surface area contributed by atoms with Gasteiger partial charge in [0.1, 0.15) is 0 Å². The maximum Gasteiger partial charge on any atom is 0.263 e. The lowest BCUT2D eigenvalue weighted by atomic mass is 10.2. The molecule has 0 radical (unpaired) electrons. The molecule has 0 atom stereocenters. The van der Waals surface area contributed by atoms with E-state index in [0.29, 0.717) is 30.4 Å². The van der Waals surface area contributed by atoms with E-state index in [4.69, 9.17) is 9.47 Å². The molecule has 1 amide bonds. The zero-order chi connectivity index (χ0) is 24.4. The molecule has 0 saturated carbocycles. The lowest BCUT2D eigenvalue weighted by molar-refractivity contribution is -0.111. The Morgan fingerprint density at radius 1 is 1.09 bits per heavy atom. The molecule has 10 heteroatoms. The number of amides is 1. The number of aromatic nitrogens is 1. The number of thiazole rings is 1. The van der Waals surface area contributed by atoms with Crippen LogP contribution in [0.15, 0.2) is 65.0 Å². The standard InChI is InChI=1S/C24H27N3O5S2/c1-3-5-15-32-21-12-6-18(17-22(21)31-4-2)7-13-23(28)26-19-8-10-20(11-9-19)34(29,30)27-24-25-14-16-33-24/h6-14,16-17H,3-5,15H2,1-2H3,(H,25,27)(H,26,28)/b13-7+. The fraction of sp³-hybridized carbons (Fsp3) is 0.250. The van der Waals surface area contributed by atoms with Gasteiger partial charge in [-0.05, 0) is 61.4 Å². The Morgan fingerprint density at radius 3 is 2.56 bits per heavy atom. The highest BCUT2D eigenvalue weighted by Gasteiger charge is 2.15. The fourth-order valence-electron chi connectivity index (χ4n) is 2.86. The van der Waals surface area contributed by atoms with Crippen molar-refractivity contribution in [2.24, 2.45) is 0 Å². The van der Waals surface area contributed by atoms with Crippen molar-refractivity contribution >= 4 is 44.2 Å². The SMILES string of the molecule is CCCCOc1ccc(/C=C/C(=O)Nc2ccc(S(=O)(=O)Nc3nccs3)cc2)cc1OCC. The van der Waals surface area contributed by atoms with Gasteiger partial charge < -0.3 is 14.8 Å². The van der Waals surface area contributed by atoms with Crippen molar-refractivity contribution in [2.45, 2.75) is 31.6 Å². The van der Waals surface area contributed by atoms with E-state index in [1.165, 1.54) is 47.9 Å². The molecule has 0 spiro atoms. The summed E-state index contributed by atoms with van der Waals surface area (Å²) < 4.78 is 38.6. The first kappa shape index (κ1) is 25.3. The third-order valence-electron chi connectivity index (χ3n) is 4.54. The highest BCUT2D eigenvalue weighted by Crippen LogP contribution is 2.29. The van der Waals surface area contributed by atoms with Gasteiger partial charge in [-0.3, -0.25) is 9.52 Å². The zero-order valence-electron chi connectivity index (χ0n) is 19.0. The van der Waals surface area contributed by atoms with Crippen molar-refractivity contribution in [1.29, 1.82) is 0 Å². The molecular weight excluding hydrogens is 474 g/mol. The number of hydrogen-bond donors (Lipinski definition) is 2. The minimum atomic E-state index is -3.75. The Bertz CT molecular complexity index is 1210. The Hall–Kier alpha value is -3.37. The van der Waals surface area contributed by atoms with Crippen LogP contribution in [0.25, 0.3) is 6.08 Å². The summed E-state index contributed by atoms with van der Waals surface area (Å²) >= 11 is 1.19. The maximum absolute atomic E-state index is 12.4. The van der Waals surface area contributed by atoms with Gasteiger partial charge in [0.05, 0.1) is 18.1 Å². The van der Waals surface area contributed by atoms with Crippen LogP contribution in [0.4, 0.5) is 10.8 Å². The Balaban J connectivity index is 1.61. The molecular formula is C24H27N3O5S2. The lowest BCUT2D eigenvalue weighted by Gasteiger charge is -2.12. The molecule has 0 bridgehead atoms. The van der Waals surface area contributed by atoms with Gasteiger partial charge in [-0.1, -0.05) is 19.4 Å². The molecule has 2 aromatic carbocycles. The average molecular weight is 502 g/mol. The van der Waals surface area contributed by atoms with Gasteiger partial charge in [0.15, 0.2) is 16.6 Å². The summed E-state index contributed by atoms with van der Waals surface area (Å²) in [6.45, 7) is 5.12. The molecule has 1 heterocycles. The van der Waals surface area contributed by atoms with Crippen LogP contribution < -0.4 is 19.5 Å². The summed E-state index contributed by atoms with van der Waals surface area (Å²) in [4.78, 5) is 16.3. The molecule has 3 rings (SSSR count). The molecule has 0 saturated heterocycles. The molecule has 0 aliphatic heterocycles. The summed E-state index contributed by atoms with van der Waals surface area (Å²) in [6, 6.07) is 11.4. The number of nitrogens with zero attached hydrogens (tertiary/aromatic N) is 1. The van der Waals surface area contributed by atoms with Gasteiger partial charge in [-0.15, -0.1) is 11.3 Å².